The summed E-state index contributed by atoms with van der Waals surface area (Å²) in [6.45, 7) is 2.21. The van der Waals surface area contributed by atoms with Gasteiger partial charge in [-0.1, -0.05) is 28.8 Å². The first kappa shape index (κ1) is 13.5. The van der Waals surface area contributed by atoms with Gasteiger partial charge in [-0.3, -0.25) is 0 Å². The molecule has 2 aromatic rings. The lowest BCUT2D eigenvalue weighted by Crippen LogP contribution is -2.16. The predicted octanol–water partition coefficient (Wildman–Crippen LogP) is 3.44. The molecule has 2 N–H and O–H groups in total. The number of rotatable bonds is 3. The minimum absolute atomic E-state index is 0.322. The summed E-state index contributed by atoms with van der Waals surface area (Å²) < 4.78 is 2.88. The van der Waals surface area contributed by atoms with Crippen molar-refractivity contribution in [3.05, 3.63) is 22.7 Å². The Balaban J connectivity index is 1.96. The zero-order valence-corrected chi connectivity index (χ0v) is 13.0. The highest BCUT2D eigenvalue weighted by Crippen LogP contribution is 2.35. The highest BCUT2D eigenvalue weighted by Gasteiger charge is 2.26. The van der Waals surface area contributed by atoms with E-state index in [1.807, 2.05) is 22.9 Å². The molecule has 1 aromatic carbocycles. The fourth-order valence-electron chi connectivity index (χ4n) is 3.04. The summed E-state index contributed by atoms with van der Waals surface area (Å²) in [6, 6.07) is 6.11. The van der Waals surface area contributed by atoms with Crippen molar-refractivity contribution in [2.24, 2.45) is 5.92 Å². The Bertz CT molecular complexity index is 583. The van der Waals surface area contributed by atoms with Crippen LogP contribution in [0.2, 0.25) is 0 Å². The van der Waals surface area contributed by atoms with Crippen molar-refractivity contribution in [3.8, 4) is 11.4 Å². The molecular formula is C14H18BrN5. The molecule has 1 fully saturated rings. The van der Waals surface area contributed by atoms with Gasteiger partial charge in [0.05, 0.1) is 6.04 Å². The highest BCUT2D eigenvalue weighted by atomic mass is 79.9. The van der Waals surface area contributed by atoms with Crippen molar-refractivity contribution < 1.29 is 0 Å². The Morgan fingerprint density at radius 3 is 2.75 bits per heavy atom. The maximum Gasteiger partial charge on any atom is 0.182 e. The molecule has 0 amide bonds. The molecular weight excluding hydrogens is 318 g/mol. The third-order valence-corrected chi connectivity index (χ3v) is 4.60. The number of nitrogen functional groups attached to an aromatic ring is 1. The van der Waals surface area contributed by atoms with Gasteiger partial charge in [0.1, 0.15) is 0 Å². The molecule has 20 heavy (non-hydrogen) atoms. The third kappa shape index (κ3) is 2.57. The van der Waals surface area contributed by atoms with E-state index in [2.05, 4.69) is 38.4 Å². The van der Waals surface area contributed by atoms with Crippen LogP contribution in [-0.2, 0) is 0 Å². The van der Waals surface area contributed by atoms with Crippen LogP contribution in [-0.4, -0.2) is 20.2 Å². The molecule has 0 radical (unpaired) electrons. The van der Waals surface area contributed by atoms with Gasteiger partial charge in [0.2, 0.25) is 0 Å². The minimum Gasteiger partial charge on any atom is -0.399 e. The van der Waals surface area contributed by atoms with E-state index >= 15 is 0 Å². The fourth-order valence-corrected chi connectivity index (χ4v) is 3.55. The van der Waals surface area contributed by atoms with Crippen molar-refractivity contribution in [2.75, 3.05) is 5.73 Å². The van der Waals surface area contributed by atoms with Crippen LogP contribution in [0.25, 0.3) is 11.4 Å². The summed E-state index contributed by atoms with van der Waals surface area (Å²) in [5, 5.41) is 12.2. The summed E-state index contributed by atoms with van der Waals surface area (Å²) in [4.78, 5) is 0. The van der Waals surface area contributed by atoms with Crippen molar-refractivity contribution in [1.29, 1.82) is 0 Å². The van der Waals surface area contributed by atoms with Crippen LogP contribution in [0.5, 0.6) is 0 Å². The maximum absolute atomic E-state index is 5.91. The number of anilines is 1. The van der Waals surface area contributed by atoms with E-state index in [9.17, 15) is 0 Å². The molecule has 1 saturated carbocycles. The average Bonchev–Trinajstić information content (AvgIpc) is 3.08. The normalized spacial score (nSPS) is 17.5. The van der Waals surface area contributed by atoms with Crippen LogP contribution in [0.1, 0.15) is 38.6 Å². The molecule has 1 aliphatic rings. The highest BCUT2D eigenvalue weighted by molar-refractivity contribution is 9.10. The third-order valence-electron chi connectivity index (χ3n) is 4.14. The maximum atomic E-state index is 5.91. The second kappa shape index (κ2) is 5.52. The van der Waals surface area contributed by atoms with Gasteiger partial charge in [0.25, 0.3) is 0 Å². The van der Waals surface area contributed by atoms with Gasteiger partial charge in [0.15, 0.2) is 5.82 Å². The molecule has 0 saturated heterocycles. The van der Waals surface area contributed by atoms with Gasteiger partial charge in [-0.2, -0.15) is 0 Å². The van der Waals surface area contributed by atoms with Crippen molar-refractivity contribution in [1.82, 2.24) is 20.2 Å². The van der Waals surface area contributed by atoms with E-state index in [4.69, 9.17) is 5.73 Å². The summed E-state index contributed by atoms with van der Waals surface area (Å²) in [5.74, 6) is 1.46. The van der Waals surface area contributed by atoms with E-state index in [0.717, 1.165) is 15.9 Å². The van der Waals surface area contributed by atoms with Gasteiger partial charge < -0.3 is 5.73 Å². The van der Waals surface area contributed by atoms with Gasteiger partial charge in [0, 0.05) is 15.7 Å². The molecule has 106 valence electrons. The van der Waals surface area contributed by atoms with E-state index in [1.54, 1.807) is 0 Å². The summed E-state index contributed by atoms with van der Waals surface area (Å²) >= 11 is 3.47. The Morgan fingerprint density at radius 1 is 1.30 bits per heavy atom. The standard InChI is InChI=1S/C14H18BrN5/c1-9(10-4-2-3-5-10)20-14(17-18-19-20)11-6-12(15)8-13(16)7-11/h6-10H,2-5,16H2,1H3. The predicted molar refractivity (Wildman–Crippen MR) is 82.0 cm³/mol. The molecule has 1 heterocycles. The van der Waals surface area contributed by atoms with Crippen LogP contribution in [0.15, 0.2) is 22.7 Å². The SMILES string of the molecule is CC(C1CCCC1)n1nnnc1-c1cc(N)cc(Br)c1. The van der Waals surface area contributed by atoms with E-state index < -0.39 is 0 Å². The molecule has 6 heteroatoms. The number of nitrogens with two attached hydrogens (primary N) is 1. The first-order valence-corrected chi connectivity index (χ1v) is 7.79. The number of tetrazole rings is 1. The zero-order valence-electron chi connectivity index (χ0n) is 11.5. The van der Waals surface area contributed by atoms with Crippen LogP contribution < -0.4 is 5.73 Å². The van der Waals surface area contributed by atoms with Crippen LogP contribution in [0.3, 0.4) is 0 Å². The van der Waals surface area contributed by atoms with E-state index in [0.29, 0.717) is 17.6 Å². The molecule has 0 aliphatic heterocycles. The molecule has 1 atom stereocenters. The lowest BCUT2D eigenvalue weighted by atomic mass is 9.99. The molecule has 5 nitrogen and oxygen atoms in total. The number of aromatic nitrogens is 4. The van der Waals surface area contributed by atoms with Crippen molar-refractivity contribution >= 4 is 21.6 Å². The topological polar surface area (TPSA) is 69.6 Å². The number of hydrogen-bond acceptors (Lipinski definition) is 4. The Labute approximate surface area is 126 Å². The average molecular weight is 336 g/mol. The number of halogens is 1. The van der Waals surface area contributed by atoms with Gasteiger partial charge in [-0.25, -0.2) is 4.68 Å². The van der Waals surface area contributed by atoms with Crippen LogP contribution in [0.4, 0.5) is 5.69 Å². The Morgan fingerprint density at radius 2 is 2.05 bits per heavy atom. The molecule has 3 rings (SSSR count). The van der Waals surface area contributed by atoms with Crippen molar-refractivity contribution in [2.45, 2.75) is 38.6 Å². The minimum atomic E-state index is 0.322. The second-order valence-corrected chi connectivity index (χ2v) is 6.42. The summed E-state index contributed by atoms with van der Waals surface area (Å²) in [5.41, 5.74) is 7.56. The summed E-state index contributed by atoms with van der Waals surface area (Å²) in [6.07, 6.45) is 5.16. The largest absolute Gasteiger partial charge is 0.399 e. The zero-order chi connectivity index (χ0) is 14.1. The van der Waals surface area contributed by atoms with Gasteiger partial charge >= 0.3 is 0 Å². The number of hydrogen-bond donors (Lipinski definition) is 1. The second-order valence-electron chi connectivity index (χ2n) is 5.51. The molecule has 0 bridgehead atoms. The molecule has 0 spiro atoms. The van der Waals surface area contributed by atoms with Crippen LogP contribution >= 0.6 is 15.9 Å². The quantitative estimate of drug-likeness (QED) is 0.872. The Kier molecular flexibility index (Phi) is 3.74. The molecule has 1 aliphatic carbocycles. The first-order chi connectivity index (χ1) is 9.65. The van der Waals surface area contributed by atoms with Crippen LogP contribution in [0, 0.1) is 5.92 Å². The summed E-state index contributed by atoms with van der Waals surface area (Å²) in [7, 11) is 0. The first-order valence-electron chi connectivity index (χ1n) is 6.99. The van der Waals surface area contributed by atoms with E-state index in [1.165, 1.54) is 25.7 Å². The van der Waals surface area contributed by atoms with E-state index in [-0.39, 0.29) is 0 Å². The lowest BCUT2D eigenvalue weighted by molar-refractivity contribution is 0.332. The monoisotopic (exact) mass is 335 g/mol. The number of nitrogens with zero attached hydrogens (tertiary/aromatic N) is 4. The van der Waals surface area contributed by atoms with Gasteiger partial charge in [-0.05, 0) is 54.3 Å². The Hall–Kier alpha value is -1.43. The molecule has 1 unspecified atom stereocenters. The fraction of sp³-hybridized carbons (Fsp3) is 0.500. The van der Waals surface area contributed by atoms with Gasteiger partial charge in [-0.15, -0.1) is 5.10 Å². The van der Waals surface area contributed by atoms with Crippen molar-refractivity contribution in [3.63, 3.8) is 0 Å². The lowest BCUT2D eigenvalue weighted by Gasteiger charge is -2.20. The molecule has 1 aromatic heterocycles. The number of benzene rings is 1. The smallest absolute Gasteiger partial charge is 0.182 e.